The topological polar surface area (TPSA) is 21.3 Å². The summed E-state index contributed by atoms with van der Waals surface area (Å²) >= 11 is 1.86. The molecule has 20 heavy (non-hydrogen) atoms. The van der Waals surface area contributed by atoms with Crippen LogP contribution in [-0.2, 0) is 6.54 Å². The van der Waals surface area contributed by atoms with Crippen LogP contribution in [-0.4, -0.2) is 7.11 Å². The van der Waals surface area contributed by atoms with Crippen molar-refractivity contribution in [2.45, 2.75) is 40.3 Å². The molecule has 0 saturated heterocycles. The first-order valence-corrected chi connectivity index (χ1v) is 7.76. The molecule has 108 valence electrons. The van der Waals surface area contributed by atoms with Crippen LogP contribution in [0.2, 0.25) is 0 Å². The fourth-order valence-electron chi connectivity index (χ4n) is 2.50. The van der Waals surface area contributed by atoms with Crippen LogP contribution in [0.3, 0.4) is 0 Å². The number of hydrogen-bond acceptors (Lipinski definition) is 3. The maximum Gasteiger partial charge on any atom is 0.123 e. The van der Waals surface area contributed by atoms with Crippen LogP contribution < -0.4 is 10.1 Å². The predicted octanol–water partition coefficient (Wildman–Crippen LogP) is 4.53. The van der Waals surface area contributed by atoms with Crippen molar-refractivity contribution in [1.29, 1.82) is 0 Å². The molecule has 1 aromatic carbocycles. The molecule has 0 aliphatic carbocycles. The summed E-state index contributed by atoms with van der Waals surface area (Å²) in [5.74, 6) is 0.952. The first-order chi connectivity index (χ1) is 9.51. The molecule has 0 radical (unpaired) electrons. The van der Waals surface area contributed by atoms with E-state index in [1.165, 1.54) is 26.4 Å². The number of methoxy groups -OCH3 is 1. The van der Waals surface area contributed by atoms with Crippen molar-refractivity contribution in [2.75, 3.05) is 7.11 Å². The number of rotatable bonds is 5. The summed E-state index contributed by atoms with van der Waals surface area (Å²) in [7, 11) is 1.73. The maximum atomic E-state index is 5.43. The Hall–Kier alpha value is -1.32. The molecule has 3 heteroatoms. The number of ether oxygens (including phenoxy) is 1. The molecule has 0 fully saturated rings. The van der Waals surface area contributed by atoms with Gasteiger partial charge in [0.05, 0.1) is 7.11 Å². The monoisotopic (exact) mass is 289 g/mol. The summed E-state index contributed by atoms with van der Waals surface area (Å²) < 4.78 is 5.43. The van der Waals surface area contributed by atoms with E-state index in [4.69, 9.17) is 4.74 Å². The van der Waals surface area contributed by atoms with Gasteiger partial charge in [-0.3, -0.25) is 0 Å². The summed E-state index contributed by atoms with van der Waals surface area (Å²) in [6.07, 6.45) is 0. The highest BCUT2D eigenvalue weighted by Gasteiger charge is 2.12. The van der Waals surface area contributed by atoms with Crippen molar-refractivity contribution in [3.05, 3.63) is 50.7 Å². The maximum absolute atomic E-state index is 5.43. The quantitative estimate of drug-likeness (QED) is 0.873. The minimum absolute atomic E-state index is 0.352. The molecule has 0 aliphatic heterocycles. The fraction of sp³-hybridized carbons (Fsp3) is 0.412. The van der Waals surface area contributed by atoms with E-state index in [9.17, 15) is 0 Å². The highest BCUT2D eigenvalue weighted by molar-refractivity contribution is 7.12. The van der Waals surface area contributed by atoms with Crippen molar-refractivity contribution in [1.82, 2.24) is 5.32 Å². The number of hydrogen-bond donors (Lipinski definition) is 1. The first-order valence-electron chi connectivity index (χ1n) is 6.95. The number of aryl methyl sites for hydroxylation is 3. The first kappa shape index (κ1) is 15.1. The van der Waals surface area contributed by atoms with Crippen LogP contribution in [0, 0.1) is 20.8 Å². The summed E-state index contributed by atoms with van der Waals surface area (Å²) in [4.78, 5) is 2.78. The molecule has 0 aliphatic rings. The summed E-state index contributed by atoms with van der Waals surface area (Å²) in [6, 6.07) is 8.94. The van der Waals surface area contributed by atoms with Gasteiger partial charge in [-0.2, -0.15) is 0 Å². The van der Waals surface area contributed by atoms with Crippen molar-refractivity contribution in [3.8, 4) is 5.75 Å². The molecule has 2 aromatic rings. The van der Waals surface area contributed by atoms with Crippen LogP contribution in [0.25, 0.3) is 0 Å². The van der Waals surface area contributed by atoms with E-state index < -0.39 is 0 Å². The van der Waals surface area contributed by atoms with E-state index in [1.807, 2.05) is 17.4 Å². The van der Waals surface area contributed by atoms with Gasteiger partial charge < -0.3 is 10.1 Å². The normalized spacial score (nSPS) is 12.4. The molecule has 1 atom stereocenters. The van der Waals surface area contributed by atoms with E-state index in [2.05, 4.69) is 51.2 Å². The standard InChI is InChI=1S/C17H23NOS/c1-11-6-7-17(19-5)15(8-11)10-18-13(3)16-9-12(2)20-14(16)4/h6-9,13,18H,10H2,1-5H3. The second kappa shape index (κ2) is 6.42. The molecule has 2 nitrogen and oxygen atoms in total. The molecule has 1 N–H and O–H groups in total. The Bertz CT molecular complexity index is 589. The van der Waals surface area contributed by atoms with E-state index >= 15 is 0 Å². The molecular formula is C17H23NOS. The van der Waals surface area contributed by atoms with Crippen molar-refractivity contribution in [2.24, 2.45) is 0 Å². The van der Waals surface area contributed by atoms with Gasteiger partial charge in [0.1, 0.15) is 5.75 Å². The lowest BCUT2D eigenvalue weighted by Gasteiger charge is -2.16. The van der Waals surface area contributed by atoms with Crippen LogP contribution in [0.5, 0.6) is 5.75 Å². The molecule has 0 bridgehead atoms. The third-order valence-electron chi connectivity index (χ3n) is 3.58. The van der Waals surface area contributed by atoms with Crippen LogP contribution in [0.1, 0.15) is 39.4 Å². The molecule has 1 unspecified atom stereocenters. The lowest BCUT2D eigenvalue weighted by Crippen LogP contribution is -2.18. The van der Waals surface area contributed by atoms with Gasteiger partial charge in [0.2, 0.25) is 0 Å². The molecule has 0 amide bonds. The Morgan fingerprint density at radius 1 is 1.20 bits per heavy atom. The summed E-state index contributed by atoms with van der Waals surface area (Å²) in [5, 5.41) is 3.60. The zero-order chi connectivity index (χ0) is 14.7. The Morgan fingerprint density at radius 3 is 2.55 bits per heavy atom. The molecule has 1 aromatic heterocycles. The SMILES string of the molecule is COc1ccc(C)cc1CNC(C)c1cc(C)sc1C. The van der Waals surface area contributed by atoms with Crippen molar-refractivity contribution in [3.63, 3.8) is 0 Å². The zero-order valence-corrected chi connectivity index (χ0v) is 13.7. The van der Waals surface area contributed by atoms with Crippen LogP contribution >= 0.6 is 11.3 Å². The average molecular weight is 289 g/mol. The van der Waals surface area contributed by atoms with Gasteiger partial charge in [-0.25, -0.2) is 0 Å². The highest BCUT2D eigenvalue weighted by atomic mass is 32.1. The van der Waals surface area contributed by atoms with E-state index in [-0.39, 0.29) is 0 Å². The lowest BCUT2D eigenvalue weighted by molar-refractivity contribution is 0.406. The Morgan fingerprint density at radius 2 is 1.95 bits per heavy atom. The highest BCUT2D eigenvalue weighted by Crippen LogP contribution is 2.27. The minimum atomic E-state index is 0.352. The number of thiophene rings is 1. The van der Waals surface area contributed by atoms with Crippen LogP contribution in [0.4, 0.5) is 0 Å². The predicted molar refractivity (Wildman–Crippen MR) is 86.8 cm³/mol. The van der Waals surface area contributed by atoms with Gasteiger partial charge in [0.25, 0.3) is 0 Å². The second-order valence-corrected chi connectivity index (χ2v) is 6.75. The lowest BCUT2D eigenvalue weighted by atomic mass is 10.1. The van der Waals surface area contributed by atoms with Gasteiger partial charge in [0, 0.05) is 27.9 Å². The Kier molecular flexibility index (Phi) is 4.84. The van der Waals surface area contributed by atoms with E-state index in [1.54, 1.807) is 7.11 Å². The number of nitrogens with one attached hydrogen (secondary N) is 1. The van der Waals surface area contributed by atoms with Gasteiger partial charge in [-0.15, -0.1) is 11.3 Å². The summed E-state index contributed by atoms with van der Waals surface area (Å²) in [6.45, 7) is 9.51. The van der Waals surface area contributed by atoms with Gasteiger partial charge in [-0.05, 0) is 45.4 Å². The molecule has 0 spiro atoms. The minimum Gasteiger partial charge on any atom is -0.496 e. The largest absolute Gasteiger partial charge is 0.496 e. The van der Waals surface area contributed by atoms with Crippen molar-refractivity contribution < 1.29 is 4.74 Å². The Labute approximate surface area is 125 Å². The molecule has 1 heterocycles. The smallest absolute Gasteiger partial charge is 0.123 e. The van der Waals surface area contributed by atoms with E-state index in [0.29, 0.717) is 6.04 Å². The van der Waals surface area contributed by atoms with Gasteiger partial charge >= 0.3 is 0 Å². The number of benzene rings is 1. The third kappa shape index (κ3) is 3.41. The second-order valence-electron chi connectivity index (χ2n) is 5.29. The molecular weight excluding hydrogens is 266 g/mol. The molecule has 0 saturated carbocycles. The van der Waals surface area contributed by atoms with Crippen LogP contribution in [0.15, 0.2) is 24.3 Å². The van der Waals surface area contributed by atoms with Gasteiger partial charge in [0.15, 0.2) is 0 Å². The van der Waals surface area contributed by atoms with Gasteiger partial charge in [-0.1, -0.05) is 17.7 Å². The third-order valence-corrected chi connectivity index (χ3v) is 4.56. The Balaban J connectivity index is 2.08. The zero-order valence-electron chi connectivity index (χ0n) is 12.9. The van der Waals surface area contributed by atoms with E-state index in [0.717, 1.165) is 12.3 Å². The average Bonchev–Trinajstić information content (AvgIpc) is 2.75. The fourth-order valence-corrected chi connectivity index (χ4v) is 3.52. The van der Waals surface area contributed by atoms with Crippen molar-refractivity contribution >= 4 is 11.3 Å². The summed E-state index contributed by atoms with van der Waals surface area (Å²) in [5.41, 5.74) is 3.88. The molecule has 2 rings (SSSR count).